The number of aryl methyl sites for hydroxylation is 6. The molecule has 3 rings (SSSR count). The zero-order valence-electron chi connectivity index (χ0n) is 19.6. The van der Waals surface area contributed by atoms with Gasteiger partial charge in [-0.3, -0.25) is 0 Å². The predicted molar refractivity (Wildman–Crippen MR) is 126 cm³/mol. The summed E-state index contributed by atoms with van der Waals surface area (Å²) in [5.74, 6) is -2.35. The molecule has 33 heavy (non-hydrogen) atoms. The molecule has 0 saturated heterocycles. The molecule has 2 nitrogen and oxygen atoms in total. The third-order valence-corrected chi connectivity index (χ3v) is 5.54. The monoisotopic (exact) mass is 452 g/mol. The van der Waals surface area contributed by atoms with Crippen LogP contribution in [0.3, 0.4) is 0 Å². The summed E-state index contributed by atoms with van der Waals surface area (Å²) in [6.07, 6.45) is -5.13. The molecule has 0 aliphatic carbocycles. The fraction of sp³-hybridized carbons (Fsp3) is 0.250. The molecule has 172 valence electrons. The van der Waals surface area contributed by atoms with Gasteiger partial charge in [0.05, 0.1) is 0 Å². The number of esters is 1. The minimum atomic E-state index is -5.13. The minimum Gasteiger partial charge on any atom is -0.419 e. The van der Waals surface area contributed by atoms with Crippen molar-refractivity contribution in [3.8, 4) is 0 Å². The quantitative estimate of drug-likeness (QED) is 0.232. The van der Waals surface area contributed by atoms with Crippen molar-refractivity contribution in [2.24, 2.45) is 0 Å². The lowest BCUT2D eigenvalue weighted by molar-refractivity contribution is -0.192. The summed E-state index contributed by atoms with van der Waals surface area (Å²) in [6, 6.07) is 16.4. The third kappa shape index (κ3) is 5.19. The van der Waals surface area contributed by atoms with Crippen LogP contribution in [0.1, 0.15) is 50.1 Å². The molecule has 0 atom stereocenters. The summed E-state index contributed by atoms with van der Waals surface area (Å²) in [5.41, 5.74) is 8.01. The molecule has 0 aromatic heterocycles. The second-order valence-corrected chi connectivity index (χ2v) is 8.50. The molecule has 0 aliphatic rings. The van der Waals surface area contributed by atoms with E-state index in [1.165, 1.54) is 0 Å². The van der Waals surface area contributed by atoms with Gasteiger partial charge in [0.2, 0.25) is 0 Å². The number of hydrogen-bond donors (Lipinski definition) is 0. The van der Waals surface area contributed by atoms with E-state index in [0.29, 0.717) is 11.1 Å². The average molecular weight is 453 g/mol. The maximum Gasteiger partial charge on any atom is 0.491 e. The highest BCUT2D eigenvalue weighted by Gasteiger charge is 2.42. The third-order valence-electron chi connectivity index (χ3n) is 5.54. The molecule has 0 radical (unpaired) electrons. The van der Waals surface area contributed by atoms with Crippen LogP contribution in [-0.4, -0.2) is 12.1 Å². The summed E-state index contributed by atoms with van der Waals surface area (Å²) in [4.78, 5) is 12.1. The molecular weight excluding hydrogens is 425 g/mol. The van der Waals surface area contributed by atoms with E-state index in [2.05, 4.69) is 0 Å². The first kappa shape index (κ1) is 24.3. The Kier molecular flexibility index (Phi) is 6.82. The van der Waals surface area contributed by atoms with Crippen LogP contribution < -0.4 is 0 Å². The maximum absolute atomic E-state index is 13.3. The Bertz CT molecular complexity index is 1130. The van der Waals surface area contributed by atoms with Gasteiger partial charge in [0.15, 0.2) is 0 Å². The Morgan fingerprint density at radius 2 is 1.09 bits per heavy atom. The van der Waals surface area contributed by atoms with Crippen molar-refractivity contribution in [1.29, 1.82) is 0 Å². The first-order valence-corrected chi connectivity index (χ1v) is 10.6. The normalized spacial score (nSPS) is 11.3. The Balaban J connectivity index is 2.52. The van der Waals surface area contributed by atoms with Crippen LogP contribution in [0.5, 0.6) is 0 Å². The van der Waals surface area contributed by atoms with Crippen molar-refractivity contribution in [3.05, 3.63) is 105 Å². The highest BCUT2D eigenvalue weighted by atomic mass is 19.4. The standard InChI is InChI=1S/C28H27F3O2/c1-16-12-18(3)23(19(4)13-16)25(24-20(5)14-17(2)15-21(24)6)26(22-10-8-7-9-11-22)33-27(32)28(29,30)31/h7-15H,1-6H3. The van der Waals surface area contributed by atoms with Crippen LogP contribution in [0, 0.1) is 41.5 Å². The van der Waals surface area contributed by atoms with Crippen molar-refractivity contribution in [3.63, 3.8) is 0 Å². The number of rotatable bonds is 4. The fourth-order valence-electron chi connectivity index (χ4n) is 4.50. The zero-order chi connectivity index (χ0) is 24.5. The Hall–Kier alpha value is -3.34. The number of carbonyl (C=O) groups excluding carboxylic acids is 1. The van der Waals surface area contributed by atoms with Crippen LogP contribution in [0.4, 0.5) is 13.2 Å². The van der Waals surface area contributed by atoms with Crippen LogP contribution in [-0.2, 0) is 9.53 Å². The van der Waals surface area contributed by atoms with Crippen LogP contribution >= 0.6 is 0 Å². The van der Waals surface area contributed by atoms with Gasteiger partial charge in [0.25, 0.3) is 0 Å². The van der Waals surface area contributed by atoms with Gasteiger partial charge < -0.3 is 4.74 Å². The fourth-order valence-corrected chi connectivity index (χ4v) is 4.50. The SMILES string of the molecule is Cc1cc(C)c(C(=C(OC(=O)C(F)(F)F)c2ccccc2)c2c(C)cc(C)cc2C)c(C)c1. The number of benzene rings is 3. The maximum atomic E-state index is 13.3. The van der Waals surface area contributed by atoms with E-state index in [4.69, 9.17) is 4.74 Å². The first-order chi connectivity index (χ1) is 15.4. The van der Waals surface area contributed by atoms with Gasteiger partial charge in [-0.05, 0) is 74.9 Å². The topological polar surface area (TPSA) is 26.3 Å². The van der Waals surface area contributed by atoms with Crippen molar-refractivity contribution in [2.75, 3.05) is 0 Å². The molecule has 0 saturated carbocycles. The van der Waals surface area contributed by atoms with Gasteiger partial charge in [-0.1, -0.05) is 65.7 Å². The number of halogens is 3. The summed E-state index contributed by atoms with van der Waals surface area (Å²) in [5, 5.41) is 0. The van der Waals surface area contributed by atoms with E-state index in [9.17, 15) is 18.0 Å². The van der Waals surface area contributed by atoms with Gasteiger partial charge in [-0.2, -0.15) is 13.2 Å². The molecule has 0 aliphatic heterocycles. The highest BCUT2D eigenvalue weighted by molar-refractivity contribution is 6.02. The highest BCUT2D eigenvalue weighted by Crippen LogP contribution is 2.40. The van der Waals surface area contributed by atoms with Gasteiger partial charge in [-0.15, -0.1) is 0 Å². The van der Waals surface area contributed by atoms with E-state index < -0.39 is 12.1 Å². The molecule has 3 aromatic carbocycles. The molecule has 0 amide bonds. The molecule has 0 bridgehead atoms. The smallest absolute Gasteiger partial charge is 0.419 e. The van der Waals surface area contributed by atoms with Crippen molar-refractivity contribution in [1.82, 2.24) is 0 Å². The number of alkyl halides is 3. The van der Waals surface area contributed by atoms with Crippen molar-refractivity contribution >= 4 is 17.3 Å². The van der Waals surface area contributed by atoms with Crippen LogP contribution in [0.15, 0.2) is 54.6 Å². The molecule has 5 heteroatoms. The van der Waals surface area contributed by atoms with Crippen molar-refractivity contribution in [2.45, 2.75) is 47.7 Å². The summed E-state index contributed by atoms with van der Waals surface area (Å²) >= 11 is 0. The Morgan fingerprint density at radius 3 is 1.45 bits per heavy atom. The minimum absolute atomic E-state index is 0.108. The van der Waals surface area contributed by atoms with E-state index >= 15 is 0 Å². The molecule has 0 unspecified atom stereocenters. The molecule has 0 N–H and O–H groups in total. The van der Waals surface area contributed by atoms with Gasteiger partial charge in [0, 0.05) is 11.1 Å². The average Bonchev–Trinajstić information content (AvgIpc) is 2.69. The zero-order valence-corrected chi connectivity index (χ0v) is 19.6. The van der Waals surface area contributed by atoms with Crippen molar-refractivity contribution < 1.29 is 22.7 Å². The molecule has 0 fully saturated rings. The van der Waals surface area contributed by atoms with Crippen LogP contribution in [0.25, 0.3) is 11.3 Å². The number of carbonyl (C=O) groups is 1. The summed E-state index contributed by atoms with van der Waals surface area (Å²) in [7, 11) is 0. The van der Waals surface area contributed by atoms with Gasteiger partial charge in [-0.25, -0.2) is 4.79 Å². The molecular formula is C28H27F3O2. The lowest BCUT2D eigenvalue weighted by atomic mass is 9.83. The van der Waals surface area contributed by atoms with E-state index in [1.807, 2.05) is 65.8 Å². The molecule has 0 heterocycles. The second kappa shape index (κ2) is 9.26. The first-order valence-electron chi connectivity index (χ1n) is 10.6. The Morgan fingerprint density at radius 1 is 0.697 bits per heavy atom. The predicted octanol–water partition coefficient (Wildman–Crippen LogP) is 7.56. The summed E-state index contributed by atoms with van der Waals surface area (Å²) < 4.78 is 45.1. The number of ether oxygens (including phenoxy) is 1. The molecule has 3 aromatic rings. The second-order valence-electron chi connectivity index (χ2n) is 8.50. The largest absolute Gasteiger partial charge is 0.491 e. The van der Waals surface area contributed by atoms with Gasteiger partial charge in [0.1, 0.15) is 5.76 Å². The Labute approximate surface area is 192 Å². The van der Waals surface area contributed by atoms with E-state index in [0.717, 1.165) is 44.5 Å². The molecule has 0 spiro atoms. The van der Waals surface area contributed by atoms with Gasteiger partial charge >= 0.3 is 12.1 Å². The van der Waals surface area contributed by atoms with E-state index in [-0.39, 0.29) is 5.76 Å². The van der Waals surface area contributed by atoms with Crippen LogP contribution in [0.2, 0.25) is 0 Å². The lowest BCUT2D eigenvalue weighted by Crippen LogP contribution is -2.25. The van der Waals surface area contributed by atoms with E-state index in [1.54, 1.807) is 30.3 Å². The lowest BCUT2D eigenvalue weighted by Gasteiger charge is -2.23. The summed E-state index contributed by atoms with van der Waals surface area (Å²) in [6.45, 7) is 11.6. The number of hydrogen-bond acceptors (Lipinski definition) is 2.